The van der Waals surface area contributed by atoms with Crippen molar-refractivity contribution < 1.29 is 22.4 Å². The maximum absolute atomic E-state index is 13.7. The fraction of sp³-hybridized carbons (Fsp3) is 0.562. The van der Waals surface area contributed by atoms with Crippen LogP contribution < -0.4 is 4.72 Å². The lowest BCUT2D eigenvalue weighted by Crippen LogP contribution is -2.24. The fourth-order valence-electron chi connectivity index (χ4n) is 5.45. The molecule has 8 nitrogen and oxygen atoms in total. The van der Waals surface area contributed by atoms with Gasteiger partial charge in [0.2, 0.25) is 10.0 Å². The van der Waals surface area contributed by atoms with Gasteiger partial charge in [0.25, 0.3) is 0 Å². The lowest BCUT2D eigenvalue weighted by Gasteiger charge is -2.27. The second kappa shape index (κ2) is 11.8. The van der Waals surface area contributed by atoms with Crippen molar-refractivity contribution >= 4 is 16.0 Å². The van der Waals surface area contributed by atoms with Gasteiger partial charge in [0.15, 0.2) is 0 Å². The molecule has 41 heavy (non-hydrogen) atoms. The predicted molar refractivity (Wildman–Crippen MR) is 160 cm³/mol. The molecule has 1 aliphatic rings. The van der Waals surface area contributed by atoms with E-state index in [0.29, 0.717) is 11.6 Å². The lowest BCUT2D eigenvalue weighted by molar-refractivity contribution is 0.0554. The normalized spacial score (nSPS) is 15.3. The number of hydrogen-bond donors (Lipinski definition) is 1. The Bertz CT molecular complexity index is 1460. The summed E-state index contributed by atoms with van der Waals surface area (Å²) in [6.45, 7) is 15.8. The van der Waals surface area contributed by atoms with E-state index in [1.165, 1.54) is 43.7 Å². The average Bonchev–Trinajstić information content (AvgIpc) is 3.52. The molecule has 0 amide bonds. The summed E-state index contributed by atoms with van der Waals surface area (Å²) >= 11 is 0. The van der Waals surface area contributed by atoms with Crippen LogP contribution in [0.5, 0.6) is 0 Å². The number of hydrogen-bond acceptors (Lipinski definition) is 6. The standard InChI is InChI=1S/C32H45N3O5S/c1-21-28(41(37,38)34-19-26-18-33-29(40-26)30(36)39-8)17-27(35(21)20-22-12-10-9-11-13-22)23-14-24(31(2,3)4)16-25(15-23)32(5,6)7/h14-18,22,34H,9-13,19-20H2,1-8H3. The van der Waals surface area contributed by atoms with Crippen molar-refractivity contribution in [2.24, 2.45) is 5.92 Å². The van der Waals surface area contributed by atoms with Crippen molar-refractivity contribution in [3.63, 3.8) is 0 Å². The van der Waals surface area contributed by atoms with E-state index >= 15 is 0 Å². The molecule has 1 N–H and O–H groups in total. The van der Waals surface area contributed by atoms with Gasteiger partial charge >= 0.3 is 11.9 Å². The quantitative estimate of drug-likeness (QED) is 0.290. The molecule has 0 radical (unpaired) electrons. The van der Waals surface area contributed by atoms with Crippen LogP contribution in [0.3, 0.4) is 0 Å². The maximum Gasteiger partial charge on any atom is 0.394 e. The first kappa shape index (κ1) is 31.0. The van der Waals surface area contributed by atoms with Crippen LogP contribution in [-0.2, 0) is 38.7 Å². The first-order chi connectivity index (χ1) is 19.1. The number of oxazole rings is 1. The number of carbonyl (C=O) groups excluding carboxylic acids is 1. The number of rotatable bonds is 8. The highest BCUT2D eigenvalue weighted by Gasteiger charge is 2.28. The second-order valence-electron chi connectivity index (χ2n) is 13.3. The molecular formula is C32H45N3O5S. The zero-order chi connectivity index (χ0) is 30.2. The van der Waals surface area contributed by atoms with Crippen molar-refractivity contribution in [2.45, 2.75) is 109 Å². The van der Waals surface area contributed by atoms with Gasteiger partial charge in [-0.1, -0.05) is 66.9 Å². The van der Waals surface area contributed by atoms with E-state index in [0.717, 1.165) is 30.6 Å². The highest BCUT2D eigenvalue weighted by Crippen LogP contribution is 2.37. The van der Waals surface area contributed by atoms with Crippen molar-refractivity contribution in [3.05, 3.63) is 58.9 Å². The van der Waals surface area contributed by atoms with Crippen molar-refractivity contribution in [1.29, 1.82) is 0 Å². The summed E-state index contributed by atoms with van der Waals surface area (Å²) in [4.78, 5) is 15.8. The zero-order valence-corrected chi connectivity index (χ0v) is 26.6. The highest BCUT2D eigenvalue weighted by atomic mass is 32.2. The third-order valence-corrected chi connectivity index (χ3v) is 9.60. The SMILES string of the molecule is COC(=O)c1ncc(CNS(=O)(=O)c2cc(-c3cc(C(C)(C)C)cc(C(C)(C)C)c3)n(CC3CCCCC3)c2C)o1. The molecule has 3 aromatic rings. The van der Waals surface area contributed by atoms with Crippen molar-refractivity contribution in [3.8, 4) is 11.3 Å². The third-order valence-electron chi connectivity index (χ3n) is 8.09. The van der Waals surface area contributed by atoms with Gasteiger partial charge in [-0.2, -0.15) is 0 Å². The largest absolute Gasteiger partial charge is 0.462 e. The number of sulfonamides is 1. The number of benzene rings is 1. The Hall–Kier alpha value is -2.91. The first-order valence-corrected chi connectivity index (χ1v) is 16.0. The summed E-state index contributed by atoms with van der Waals surface area (Å²) < 4.78 is 42.2. The minimum atomic E-state index is -3.91. The van der Waals surface area contributed by atoms with Crippen LogP contribution in [0.4, 0.5) is 0 Å². The van der Waals surface area contributed by atoms with Crippen LogP contribution in [0.2, 0.25) is 0 Å². The van der Waals surface area contributed by atoms with E-state index in [1.807, 2.05) is 13.0 Å². The van der Waals surface area contributed by atoms with Crippen LogP contribution in [-0.4, -0.2) is 31.0 Å². The summed E-state index contributed by atoms with van der Waals surface area (Å²) in [5.74, 6) is -0.198. The van der Waals surface area contributed by atoms with Crippen molar-refractivity contribution in [2.75, 3.05) is 7.11 Å². The maximum atomic E-state index is 13.7. The van der Waals surface area contributed by atoms with Gasteiger partial charge in [-0.3, -0.25) is 0 Å². The van der Waals surface area contributed by atoms with E-state index in [1.54, 1.807) is 0 Å². The molecule has 1 aliphatic carbocycles. The van der Waals surface area contributed by atoms with Crippen LogP contribution in [0.15, 0.2) is 39.8 Å². The highest BCUT2D eigenvalue weighted by molar-refractivity contribution is 7.89. The second-order valence-corrected chi connectivity index (χ2v) is 15.1. The number of methoxy groups -OCH3 is 1. The molecule has 0 bridgehead atoms. The average molecular weight is 584 g/mol. The predicted octanol–water partition coefficient (Wildman–Crippen LogP) is 6.89. The molecule has 1 saturated carbocycles. The molecule has 0 atom stereocenters. The minimum absolute atomic E-state index is 0.0670. The number of ether oxygens (including phenoxy) is 1. The molecule has 2 aromatic heterocycles. The molecule has 0 spiro atoms. The summed E-state index contributed by atoms with van der Waals surface area (Å²) in [5.41, 5.74) is 4.96. The van der Waals surface area contributed by atoms with E-state index in [2.05, 4.69) is 78.8 Å². The molecule has 0 saturated heterocycles. The molecule has 1 aromatic carbocycles. The zero-order valence-electron chi connectivity index (χ0n) is 25.8. The van der Waals surface area contributed by atoms with Gasteiger partial charge in [0, 0.05) is 17.9 Å². The van der Waals surface area contributed by atoms with Crippen LogP contribution >= 0.6 is 0 Å². The molecule has 1 fully saturated rings. The Morgan fingerprint density at radius 1 is 1.02 bits per heavy atom. The molecule has 9 heteroatoms. The number of esters is 1. The topological polar surface area (TPSA) is 103 Å². The molecule has 4 rings (SSSR count). The number of carbonyl (C=O) groups is 1. The Morgan fingerprint density at radius 3 is 2.20 bits per heavy atom. The van der Waals surface area contributed by atoms with Gasteiger partial charge in [0.05, 0.1) is 19.9 Å². The van der Waals surface area contributed by atoms with Gasteiger partial charge in [-0.05, 0) is 71.4 Å². The van der Waals surface area contributed by atoms with Gasteiger partial charge in [0.1, 0.15) is 10.7 Å². The molecular weight excluding hydrogens is 538 g/mol. The van der Waals surface area contributed by atoms with Gasteiger partial charge < -0.3 is 13.7 Å². The summed E-state index contributed by atoms with van der Waals surface area (Å²) in [6, 6.07) is 8.53. The van der Waals surface area contributed by atoms with E-state index in [-0.39, 0.29) is 33.9 Å². The van der Waals surface area contributed by atoms with Gasteiger partial charge in [-0.25, -0.2) is 22.9 Å². The van der Waals surface area contributed by atoms with Crippen molar-refractivity contribution in [1.82, 2.24) is 14.3 Å². The first-order valence-electron chi connectivity index (χ1n) is 14.5. The number of nitrogens with zero attached hydrogens (tertiary/aromatic N) is 2. The van der Waals surface area contributed by atoms with Crippen LogP contribution in [0, 0.1) is 12.8 Å². The molecule has 224 valence electrons. The number of aromatic nitrogens is 2. The fourth-order valence-corrected chi connectivity index (χ4v) is 6.70. The van der Waals surface area contributed by atoms with E-state index in [4.69, 9.17) is 4.42 Å². The monoisotopic (exact) mass is 583 g/mol. The smallest absolute Gasteiger partial charge is 0.394 e. The Labute approximate surface area is 244 Å². The summed E-state index contributed by atoms with van der Waals surface area (Å²) in [7, 11) is -2.68. The number of nitrogens with one attached hydrogen (secondary N) is 1. The molecule has 0 aliphatic heterocycles. The lowest BCUT2D eigenvalue weighted by atomic mass is 9.79. The Kier molecular flexibility index (Phi) is 8.90. The Morgan fingerprint density at radius 2 is 1.63 bits per heavy atom. The van der Waals surface area contributed by atoms with Crippen LogP contribution in [0.1, 0.15) is 107 Å². The van der Waals surface area contributed by atoms with Crippen LogP contribution in [0.25, 0.3) is 11.3 Å². The van der Waals surface area contributed by atoms with Gasteiger partial charge in [-0.15, -0.1) is 0 Å². The van der Waals surface area contributed by atoms with E-state index < -0.39 is 16.0 Å². The summed E-state index contributed by atoms with van der Waals surface area (Å²) in [5, 5.41) is 0. The summed E-state index contributed by atoms with van der Waals surface area (Å²) in [6.07, 6.45) is 7.32. The third kappa shape index (κ3) is 7.12. The molecule has 2 heterocycles. The van der Waals surface area contributed by atoms with E-state index in [9.17, 15) is 13.2 Å². The Balaban J connectivity index is 1.78. The molecule has 0 unspecified atom stereocenters. The minimum Gasteiger partial charge on any atom is -0.462 e.